The van der Waals surface area contributed by atoms with Gasteiger partial charge < -0.3 is 4.74 Å². The fraction of sp³-hybridized carbons (Fsp3) is 0.190. The van der Waals surface area contributed by atoms with Crippen molar-refractivity contribution in [3.63, 3.8) is 0 Å². The summed E-state index contributed by atoms with van der Waals surface area (Å²) in [5.74, 6) is 0.945. The molecular weight excluding hydrogens is 377 g/mol. The van der Waals surface area contributed by atoms with Crippen molar-refractivity contribution in [2.75, 3.05) is 6.61 Å². The molecule has 0 aliphatic carbocycles. The molecule has 0 unspecified atom stereocenters. The lowest BCUT2D eigenvalue weighted by molar-refractivity contribution is 0.309. The number of rotatable bonds is 6. The van der Waals surface area contributed by atoms with Gasteiger partial charge in [0.05, 0.1) is 11.1 Å². The van der Waals surface area contributed by atoms with Crippen LogP contribution in [0.1, 0.15) is 25.3 Å². The van der Waals surface area contributed by atoms with Crippen molar-refractivity contribution in [1.82, 2.24) is 14.6 Å². The topological polar surface area (TPSA) is 56.5 Å². The van der Waals surface area contributed by atoms with Gasteiger partial charge in [0.15, 0.2) is 5.82 Å². The predicted molar refractivity (Wildman–Crippen MR) is 108 cm³/mol. The Kier molecular flexibility index (Phi) is 5.16. The van der Waals surface area contributed by atoms with Crippen LogP contribution in [0.3, 0.4) is 0 Å². The third kappa shape index (κ3) is 3.80. The molecule has 0 fully saturated rings. The first kappa shape index (κ1) is 18.3. The average Bonchev–Trinajstić information content (AvgIpc) is 3.23. The zero-order chi connectivity index (χ0) is 19.5. The molecule has 0 aliphatic rings. The highest BCUT2D eigenvalue weighted by Gasteiger charge is 2.12. The molecule has 0 saturated heterocycles. The van der Waals surface area contributed by atoms with Crippen LogP contribution in [0.25, 0.3) is 22.4 Å². The Morgan fingerprint density at radius 2 is 2.04 bits per heavy atom. The smallest absolute Gasteiger partial charge is 0.291 e. The van der Waals surface area contributed by atoms with Crippen molar-refractivity contribution in [1.29, 1.82) is 0 Å². The predicted octanol–water partition coefficient (Wildman–Crippen LogP) is 3.68. The fourth-order valence-electron chi connectivity index (χ4n) is 2.74. The summed E-state index contributed by atoms with van der Waals surface area (Å²) in [7, 11) is 0. The van der Waals surface area contributed by atoms with E-state index in [1.165, 1.54) is 28.0 Å². The first-order valence-electron chi connectivity index (χ1n) is 9.04. The average molecular weight is 395 g/mol. The first-order valence-corrected chi connectivity index (χ1v) is 9.86. The molecule has 5 nitrogen and oxygen atoms in total. The molecule has 28 heavy (non-hydrogen) atoms. The van der Waals surface area contributed by atoms with Gasteiger partial charge in [-0.2, -0.15) is 9.50 Å². The summed E-state index contributed by atoms with van der Waals surface area (Å²) < 4.78 is 20.7. The Labute approximate surface area is 164 Å². The van der Waals surface area contributed by atoms with E-state index in [9.17, 15) is 9.18 Å². The molecule has 0 aliphatic heterocycles. The molecule has 0 amide bonds. The van der Waals surface area contributed by atoms with Crippen molar-refractivity contribution < 1.29 is 9.13 Å². The second-order valence-corrected chi connectivity index (χ2v) is 7.34. The van der Waals surface area contributed by atoms with Crippen molar-refractivity contribution >= 4 is 22.4 Å². The third-order valence-electron chi connectivity index (χ3n) is 4.21. The number of nitrogens with zero attached hydrogens (tertiary/aromatic N) is 3. The molecule has 0 bridgehead atoms. The lowest BCUT2D eigenvalue weighted by Crippen LogP contribution is -2.23. The molecule has 7 heteroatoms. The second-order valence-electron chi connectivity index (χ2n) is 6.33. The van der Waals surface area contributed by atoms with E-state index in [0.29, 0.717) is 27.5 Å². The van der Waals surface area contributed by atoms with Crippen molar-refractivity contribution in [3.05, 3.63) is 74.8 Å². The lowest BCUT2D eigenvalue weighted by atomic mass is 10.2. The molecule has 4 rings (SSSR count). The summed E-state index contributed by atoms with van der Waals surface area (Å²) in [6.07, 6.45) is 3.75. The number of thiazole rings is 1. The molecule has 2 aromatic heterocycles. The maximum atomic E-state index is 13.3. The third-order valence-corrected chi connectivity index (χ3v) is 5.17. The number of ether oxygens (including phenoxy) is 1. The highest BCUT2D eigenvalue weighted by molar-refractivity contribution is 7.15. The van der Waals surface area contributed by atoms with Gasteiger partial charge in [0.2, 0.25) is 4.96 Å². The zero-order valence-electron chi connectivity index (χ0n) is 15.3. The fourth-order valence-corrected chi connectivity index (χ4v) is 3.65. The molecular formula is C21H18FN3O2S. The van der Waals surface area contributed by atoms with Crippen molar-refractivity contribution in [2.45, 2.75) is 19.8 Å². The van der Waals surface area contributed by atoms with Crippen LogP contribution < -0.4 is 14.8 Å². The first-order chi connectivity index (χ1) is 13.6. The van der Waals surface area contributed by atoms with Crippen LogP contribution in [0.2, 0.25) is 0 Å². The second kappa shape index (κ2) is 7.90. The molecule has 2 heterocycles. The van der Waals surface area contributed by atoms with E-state index in [4.69, 9.17) is 4.74 Å². The van der Waals surface area contributed by atoms with Crippen molar-refractivity contribution in [2.24, 2.45) is 0 Å². The summed E-state index contributed by atoms with van der Waals surface area (Å²) in [4.78, 5) is 17.6. The molecule has 2 aromatic carbocycles. The highest BCUT2D eigenvalue weighted by Crippen LogP contribution is 2.20. The van der Waals surface area contributed by atoms with Gasteiger partial charge in [0, 0.05) is 5.56 Å². The standard InChI is InChI=1S/C21H18FN3O2S/c1-2-3-11-27-17-9-7-15(8-10-17)19-23-21-25(24-19)20(26)18(28-21)13-14-5-4-6-16(22)12-14/h4-10,12-13H,2-3,11H2,1H3. The maximum Gasteiger partial charge on any atom is 0.291 e. The van der Waals surface area contributed by atoms with Gasteiger partial charge in [-0.1, -0.05) is 36.8 Å². The molecule has 0 saturated carbocycles. The van der Waals surface area contributed by atoms with Crippen LogP contribution in [0, 0.1) is 5.82 Å². The Morgan fingerprint density at radius 1 is 1.21 bits per heavy atom. The van der Waals surface area contributed by atoms with E-state index in [1.807, 2.05) is 24.3 Å². The molecule has 0 N–H and O–H groups in total. The number of hydrogen-bond donors (Lipinski definition) is 0. The number of aromatic nitrogens is 3. The highest BCUT2D eigenvalue weighted by atomic mass is 32.1. The van der Waals surface area contributed by atoms with Crippen LogP contribution in [0.5, 0.6) is 5.75 Å². The molecule has 4 aromatic rings. The van der Waals surface area contributed by atoms with Gasteiger partial charge in [0.1, 0.15) is 11.6 Å². The van der Waals surface area contributed by atoms with Gasteiger partial charge in [-0.05, 0) is 54.5 Å². The minimum absolute atomic E-state index is 0.262. The SMILES string of the molecule is CCCCOc1ccc(-c2nc3sc(=Cc4cccc(F)c4)c(=O)n3n2)cc1. The van der Waals surface area contributed by atoms with Crippen molar-refractivity contribution in [3.8, 4) is 17.1 Å². The van der Waals surface area contributed by atoms with E-state index in [1.54, 1.807) is 18.2 Å². The van der Waals surface area contributed by atoms with Crippen LogP contribution in [0.4, 0.5) is 4.39 Å². The molecule has 0 spiro atoms. The number of halogens is 1. The van der Waals surface area contributed by atoms with Gasteiger partial charge in [-0.15, -0.1) is 5.10 Å². The molecule has 0 radical (unpaired) electrons. The summed E-state index contributed by atoms with van der Waals surface area (Å²) in [5, 5.41) is 4.34. The van der Waals surface area contributed by atoms with Gasteiger partial charge in [-0.25, -0.2) is 4.39 Å². The number of unbranched alkanes of at least 4 members (excludes halogenated alkanes) is 1. The van der Waals surface area contributed by atoms with E-state index >= 15 is 0 Å². The van der Waals surface area contributed by atoms with E-state index in [-0.39, 0.29) is 11.4 Å². The minimum Gasteiger partial charge on any atom is -0.494 e. The van der Waals surface area contributed by atoms with Gasteiger partial charge >= 0.3 is 0 Å². The normalized spacial score (nSPS) is 12.0. The van der Waals surface area contributed by atoms with E-state index in [2.05, 4.69) is 17.0 Å². The summed E-state index contributed by atoms with van der Waals surface area (Å²) in [6.45, 7) is 2.81. The number of benzene rings is 2. The van der Waals surface area contributed by atoms with Crippen LogP contribution in [-0.4, -0.2) is 21.2 Å². The monoisotopic (exact) mass is 395 g/mol. The van der Waals surface area contributed by atoms with E-state index in [0.717, 1.165) is 24.2 Å². The molecule has 0 atom stereocenters. The Bertz CT molecular complexity index is 1210. The Morgan fingerprint density at radius 3 is 2.75 bits per heavy atom. The number of hydrogen-bond acceptors (Lipinski definition) is 5. The Hall–Kier alpha value is -3.06. The van der Waals surface area contributed by atoms with Crippen LogP contribution in [-0.2, 0) is 0 Å². The van der Waals surface area contributed by atoms with Crippen LogP contribution >= 0.6 is 11.3 Å². The molecule has 142 valence electrons. The zero-order valence-corrected chi connectivity index (χ0v) is 16.1. The number of fused-ring (bicyclic) bond motifs is 1. The lowest BCUT2D eigenvalue weighted by Gasteiger charge is -2.05. The minimum atomic E-state index is -0.343. The van der Waals surface area contributed by atoms with Gasteiger partial charge in [-0.3, -0.25) is 4.79 Å². The summed E-state index contributed by atoms with van der Waals surface area (Å²) in [6, 6.07) is 13.6. The van der Waals surface area contributed by atoms with Crippen LogP contribution in [0.15, 0.2) is 53.3 Å². The van der Waals surface area contributed by atoms with E-state index < -0.39 is 0 Å². The Balaban J connectivity index is 1.62. The van der Waals surface area contributed by atoms with Gasteiger partial charge in [0.25, 0.3) is 5.56 Å². The maximum absolute atomic E-state index is 13.3. The largest absolute Gasteiger partial charge is 0.494 e. The quantitative estimate of drug-likeness (QED) is 0.467. The summed E-state index contributed by atoms with van der Waals surface area (Å²) in [5.41, 5.74) is 1.18. The summed E-state index contributed by atoms with van der Waals surface area (Å²) >= 11 is 1.23.